The fraction of sp³-hybridized carbons (Fsp3) is 0.560. The second-order valence-electron chi connectivity index (χ2n) is 10.6. The Balaban J connectivity index is 1.60. The van der Waals surface area contributed by atoms with Gasteiger partial charge in [0, 0.05) is 12.4 Å². The van der Waals surface area contributed by atoms with Crippen LogP contribution in [0.4, 0.5) is 0 Å². The standard InChI is InChI=1S/C25H33N5O4/c1-7-33-23(32)25(5,6)11-17-10-18(16-8-9-16)12-29-13-19(26-21(17)29)14-30-15-20(27-28-30)22(31)34-24(2,3)4/h10,12-13,15-16H,7-9,11,14H2,1-6H3. The zero-order chi connectivity index (χ0) is 24.7. The molecule has 1 saturated carbocycles. The summed E-state index contributed by atoms with van der Waals surface area (Å²) in [6.45, 7) is 11.8. The Kier molecular flexibility index (Phi) is 6.22. The summed E-state index contributed by atoms with van der Waals surface area (Å²) in [5, 5.41) is 8.02. The molecule has 0 spiro atoms. The average Bonchev–Trinajstić information content (AvgIpc) is 3.33. The molecule has 34 heavy (non-hydrogen) atoms. The van der Waals surface area contributed by atoms with Crippen LogP contribution in [0, 0.1) is 5.41 Å². The number of rotatable bonds is 8. The first-order valence-corrected chi connectivity index (χ1v) is 11.8. The van der Waals surface area contributed by atoms with E-state index >= 15 is 0 Å². The third-order valence-electron chi connectivity index (χ3n) is 5.68. The molecule has 0 aromatic carbocycles. The summed E-state index contributed by atoms with van der Waals surface area (Å²) in [4.78, 5) is 29.6. The SMILES string of the molecule is CCOC(=O)C(C)(C)Cc1cc(C2CC2)cn2cc(Cn3cc(C(=O)OC(C)(C)C)nn3)nc12. The lowest BCUT2D eigenvalue weighted by molar-refractivity contribution is -0.153. The maximum absolute atomic E-state index is 12.5. The Bertz CT molecular complexity index is 1210. The number of ether oxygens (including phenoxy) is 2. The van der Waals surface area contributed by atoms with Gasteiger partial charge in [0.15, 0.2) is 5.69 Å². The number of carbonyl (C=O) groups excluding carboxylic acids is 2. The van der Waals surface area contributed by atoms with Crippen LogP contribution < -0.4 is 0 Å². The third-order valence-corrected chi connectivity index (χ3v) is 5.68. The maximum atomic E-state index is 12.5. The number of hydrogen-bond acceptors (Lipinski definition) is 7. The Morgan fingerprint density at radius 1 is 1.12 bits per heavy atom. The number of nitrogens with zero attached hydrogens (tertiary/aromatic N) is 5. The lowest BCUT2D eigenvalue weighted by Crippen LogP contribution is -2.29. The molecule has 0 N–H and O–H groups in total. The van der Waals surface area contributed by atoms with Crippen molar-refractivity contribution in [2.24, 2.45) is 5.41 Å². The highest BCUT2D eigenvalue weighted by Gasteiger charge is 2.32. The van der Waals surface area contributed by atoms with E-state index in [0.29, 0.717) is 25.5 Å². The molecule has 3 aromatic rings. The number of fused-ring (bicyclic) bond motifs is 1. The van der Waals surface area contributed by atoms with Crippen LogP contribution in [0.3, 0.4) is 0 Å². The van der Waals surface area contributed by atoms with Gasteiger partial charge in [-0.3, -0.25) is 4.79 Å². The van der Waals surface area contributed by atoms with Crippen molar-refractivity contribution in [2.75, 3.05) is 6.61 Å². The van der Waals surface area contributed by atoms with Gasteiger partial charge in [0.1, 0.15) is 11.2 Å². The molecule has 0 saturated heterocycles. The first kappa shape index (κ1) is 23.9. The van der Waals surface area contributed by atoms with Crippen LogP contribution in [0.2, 0.25) is 0 Å². The van der Waals surface area contributed by atoms with Gasteiger partial charge < -0.3 is 13.9 Å². The van der Waals surface area contributed by atoms with Gasteiger partial charge >= 0.3 is 11.9 Å². The van der Waals surface area contributed by atoms with Crippen LogP contribution in [0.25, 0.3) is 5.65 Å². The van der Waals surface area contributed by atoms with Crippen molar-refractivity contribution in [2.45, 2.75) is 78.9 Å². The number of hydrogen-bond donors (Lipinski definition) is 0. The van der Waals surface area contributed by atoms with E-state index in [-0.39, 0.29) is 11.7 Å². The van der Waals surface area contributed by atoms with Gasteiger partial charge in [-0.15, -0.1) is 5.10 Å². The van der Waals surface area contributed by atoms with Crippen LogP contribution in [-0.4, -0.2) is 48.5 Å². The molecular weight excluding hydrogens is 434 g/mol. The fourth-order valence-corrected chi connectivity index (χ4v) is 3.93. The van der Waals surface area contributed by atoms with Crippen molar-refractivity contribution in [3.63, 3.8) is 0 Å². The van der Waals surface area contributed by atoms with Crippen molar-refractivity contribution < 1.29 is 19.1 Å². The number of pyridine rings is 1. The molecule has 0 radical (unpaired) electrons. The van der Waals surface area contributed by atoms with Crippen molar-refractivity contribution >= 4 is 17.6 Å². The van der Waals surface area contributed by atoms with Gasteiger partial charge in [0.2, 0.25) is 0 Å². The molecule has 1 aliphatic carbocycles. The highest BCUT2D eigenvalue weighted by molar-refractivity contribution is 5.87. The largest absolute Gasteiger partial charge is 0.466 e. The molecule has 0 aliphatic heterocycles. The number of aromatic nitrogens is 5. The zero-order valence-corrected chi connectivity index (χ0v) is 20.8. The van der Waals surface area contributed by atoms with Crippen LogP contribution in [-0.2, 0) is 27.2 Å². The van der Waals surface area contributed by atoms with E-state index in [9.17, 15) is 9.59 Å². The molecule has 3 aromatic heterocycles. The highest BCUT2D eigenvalue weighted by Crippen LogP contribution is 2.41. The Morgan fingerprint density at radius 3 is 2.50 bits per heavy atom. The van der Waals surface area contributed by atoms with Gasteiger partial charge in [0.25, 0.3) is 0 Å². The second kappa shape index (κ2) is 8.85. The second-order valence-corrected chi connectivity index (χ2v) is 10.6. The van der Waals surface area contributed by atoms with Crippen LogP contribution in [0.15, 0.2) is 24.7 Å². The van der Waals surface area contributed by atoms with Crippen molar-refractivity contribution in [3.8, 4) is 0 Å². The first-order chi connectivity index (χ1) is 15.9. The lowest BCUT2D eigenvalue weighted by Gasteiger charge is -2.23. The molecule has 9 nitrogen and oxygen atoms in total. The van der Waals surface area contributed by atoms with Gasteiger partial charge in [0.05, 0.1) is 30.5 Å². The van der Waals surface area contributed by atoms with E-state index < -0.39 is 17.0 Å². The number of esters is 2. The molecule has 0 bridgehead atoms. The minimum Gasteiger partial charge on any atom is -0.466 e. The fourth-order valence-electron chi connectivity index (χ4n) is 3.93. The summed E-state index contributed by atoms with van der Waals surface area (Å²) in [6.07, 6.45) is 8.55. The number of carbonyl (C=O) groups is 2. The van der Waals surface area contributed by atoms with Crippen LogP contribution >= 0.6 is 0 Å². The summed E-state index contributed by atoms with van der Waals surface area (Å²) < 4.78 is 14.3. The van der Waals surface area contributed by atoms with E-state index in [0.717, 1.165) is 16.9 Å². The molecule has 1 fully saturated rings. The smallest absolute Gasteiger partial charge is 0.361 e. The summed E-state index contributed by atoms with van der Waals surface area (Å²) in [7, 11) is 0. The van der Waals surface area contributed by atoms with Crippen molar-refractivity contribution in [1.29, 1.82) is 0 Å². The van der Waals surface area contributed by atoms with Gasteiger partial charge in [-0.2, -0.15) is 0 Å². The predicted octanol–water partition coefficient (Wildman–Crippen LogP) is 3.94. The van der Waals surface area contributed by atoms with E-state index in [1.807, 2.05) is 52.1 Å². The van der Waals surface area contributed by atoms with Crippen LogP contribution in [0.5, 0.6) is 0 Å². The first-order valence-electron chi connectivity index (χ1n) is 11.8. The monoisotopic (exact) mass is 467 g/mol. The minimum absolute atomic E-state index is 0.159. The Hall–Kier alpha value is -3.23. The van der Waals surface area contributed by atoms with E-state index in [1.54, 1.807) is 10.9 Å². The Labute approximate surface area is 199 Å². The maximum Gasteiger partial charge on any atom is 0.361 e. The molecule has 3 heterocycles. The molecule has 9 heteroatoms. The molecule has 1 aliphatic rings. The summed E-state index contributed by atoms with van der Waals surface area (Å²) in [5.41, 5.74) is 2.76. The summed E-state index contributed by atoms with van der Waals surface area (Å²) in [5.74, 6) is -0.160. The quantitative estimate of drug-likeness (QED) is 0.463. The van der Waals surface area contributed by atoms with E-state index in [4.69, 9.17) is 14.5 Å². The van der Waals surface area contributed by atoms with Gasteiger partial charge in [-0.1, -0.05) is 11.3 Å². The van der Waals surface area contributed by atoms with Gasteiger partial charge in [-0.25, -0.2) is 14.5 Å². The third kappa shape index (κ3) is 5.46. The van der Waals surface area contributed by atoms with Crippen LogP contribution in [0.1, 0.15) is 87.6 Å². The molecule has 4 rings (SSSR count). The molecule has 182 valence electrons. The zero-order valence-electron chi connectivity index (χ0n) is 20.8. The molecular formula is C25H33N5O4. The number of imidazole rings is 1. The lowest BCUT2D eigenvalue weighted by atomic mass is 9.85. The summed E-state index contributed by atoms with van der Waals surface area (Å²) in [6, 6.07) is 2.18. The van der Waals surface area contributed by atoms with Crippen molar-refractivity contribution in [3.05, 3.63) is 47.2 Å². The molecule has 0 unspecified atom stereocenters. The van der Waals surface area contributed by atoms with E-state index in [1.165, 1.54) is 18.4 Å². The normalized spacial score (nSPS) is 14.4. The molecule has 0 atom stereocenters. The average molecular weight is 468 g/mol. The highest BCUT2D eigenvalue weighted by atomic mass is 16.6. The van der Waals surface area contributed by atoms with Crippen molar-refractivity contribution in [1.82, 2.24) is 24.4 Å². The predicted molar refractivity (Wildman–Crippen MR) is 126 cm³/mol. The topological polar surface area (TPSA) is 101 Å². The van der Waals surface area contributed by atoms with Gasteiger partial charge in [-0.05, 0) is 77.8 Å². The van der Waals surface area contributed by atoms with E-state index in [2.05, 4.69) is 22.6 Å². The Morgan fingerprint density at radius 2 is 1.85 bits per heavy atom. The molecule has 0 amide bonds. The summed E-state index contributed by atoms with van der Waals surface area (Å²) >= 11 is 0. The minimum atomic E-state index is -0.668.